The van der Waals surface area contributed by atoms with Crippen LogP contribution in [0.5, 0.6) is 0 Å². The van der Waals surface area contributed by atoms with Gasteiger partial charge in [-0.25, -0.2) is 4.98 Å². The molecule has 8 heteroatoms. The van der Waals surface area contributed by atoms with E-state index in [-0.39, 0.29) is 0 Å². The van der Waals surface area contributed by atoms with Crippen molar-refractivity contribution in [2.45, 2.75) is 13.5 Å². The molecule has 0 unspecified atom stereocenters. The largest absolute Gasteiger partial charge is 0.328 e. The number of pyridine rings is 1. The fourth-order valence-electron chi connectivity index (χ4n) is 2.74. The fraction of sp³-hybridized carbons (Fsp3) is 0.467. The minimum Gasteiger partial charge on any atom is -0.328 e. The average molecular weight is 335 g/mol. The van der Waals surface area contributed by atoms with Crippen molar-refractivity contribution in [1.29, 1.82) is 0 Å². The van der Waals surface area contributed by atoms with Crippen molar-refractivity contribution in [3.8, 4) is 11.4 Å². The Morgan fingerprint density at radius 3 is 2.52 bits per heavy atom. The van der Waals surface area contributed by atoms with Crippen LogP contribution in [-0.2, 0) is 16.8 Å². The normalized spacial score (nSPS) is 16.7. The third-order valence-electron chi connectivity index (χ3n) is 4.15. The zero-order valence-electron chi connectivity index (χ0n) is 13.5. The van der Waals surface area contributed by atoms with Crippen LogP contribution in [0.1, 0.15) is 5.69 Å². The fourth-order valence-corrected chi connectivity index (χ4v) is 4.00. The zero-order chi connectivity index (χ0) is 16.6. The lowest BCUT2D eigenvalue weighted by atomic mass is 10.0. The highest BCUT2D eigenvalue weighted by molar-refractivity contribution is 7.86. The summed E-state index contributed by atoms with van der Waals surface area (Å²) in [5.74, 6) is 1.21. The van der Waals surface area contributed by atoms with Crippen molar-refractivity contribution in [2.24, 2.45) is 5.92 Å². The van der Waals surface area contributed by atoms with Crippen LogP contribution in [0.3, 0.4) is 0 Å². The molecule has 0 bridgehead atoms. The Kier molecular flexibility index (Phi) is 4.22. The predicted octanol–water partition coefficient (Wildman–Crippen LogP) is 0.992. The molecule has 0 saturated carbocycles. The lowest BCUT2D eigenvalue weighted by molar-refractivity contribution is 0.171. The number of hydrogen-bond donors (Lipinski definition) is 0. The van der Waals surface area contributed by atoms with Gasteiger partial charge in [0.25, 0.3) is 10.2 Å². The quantitative estimate of drug-likeness (QED) is 0.817. The van der Waals surface area contributed by atoms with Crippen molar-refractivity contribution in [3.05, 3.63) is 36.4 Å². The van der Waals surface area contributed by atoms with Gasteiger partial charge in [-0.15, -0.1) is 0 Å². The summed E-state index contributed by atoms with van der Waals surface area (Å²) >= 11 is 0. The lowest BCUT2D eigenvalue weighted by Gasteiger charge is -2.39. The van der Waals surface area contributed by atoms with Gasteiger partial charge in [0.2, 0.25) is 0 Å². The first kappa shape index (κ1) is 16.1. The Hall–Kier alpha value is -1.77. The summed E-state index contributed by atoms with van der Waals surface area (Å²) < 4.78 is 29.0. The van der Waals surface area contributed by atoms with Gasteiger partial charge in [-0.3, -0.25) is 4.98 Å². The summed E-state index contributed by atoms with van der Waals surface area (Å²) in [6.45, 7) is 3.88. The maximum atomic E-state index is 12.0. The van der Waals surface area contributed by atoms with Crippen LogP contribution < -0.4 is 0 Å². The van der Waals surface area contributed by atoms with Crippen molar-refractivity contribution in [3.63, 3.8) is 0 Å². The van der Waals surface area contributed by atoms with E-state index >= 15 is 0 Å². The highest BCUT2D eigenvalue weighted by Crippen LogP contribution is 2.26. The molecular weight excluding hydrogens is 314 g/mol. The smallest absolute Gasteiger partial charge is 0.281 e. The van der Waals surface area contributed by atoms with E-state index in [1.165, 1.54) is 8.61 Å². The van der Waals surface area contributed by atoms with Gasteiger partial charge < -0.3 is 4.57 Å². The molecule has 1 aliphatic heterocycles. The number of rotatable bonds is 5. The molecule has 0 aliphatic carbocycles. The average Bonchev–Trinajstić information content (AvgIpc) is 2.84. The topological polar surface area (TPSA) is 71.3 Å². The van der Waals surface area contributed by atoms with Crippen LogP contribution in [0.15, 0.2) is 30.7 Å². The van der Waals surface area contributed by atoms with Crippen molar-refractivity contribution in [2.75, 3.05) is 27.2 Å². The molecule has 23 heavy (non-hydrogen) atoms. The summed E-state index contributed by atoms with van der Waals surface area (Å²) in [4.78, 5) is 8.52. The molecule has 0 spiro atoms. The van der Waals surface area contributed by atoms with Gasteiger partial charge in [0.1, 0.15) is 5.82 Å². The Bertz CT molecular complexity index is 779. The molecule has 2 aromatic heterocycles. The standard InChI is InChI=1S/C15H21N5O2S/c1-12-8-17-15(14-4-6-16-7-5-14)20(12)11-13-9-19(10-13)23(21,22)18(2)3/h4-8,13H,9-11H2,1-3H3. The Balaban J connectivity index is 1.73. The van der Waals surface area contributed by atoms with Crippen LogP contribution in [0.2, 0.25) is 0 Å². The first-order valence-corrected chi connectivity index (χ1v) is 8.89. The minimum absolute atomic E-state index is 0.304. The minimum atomic E-state index is -3.29. The van der Waals surface area contributed by atoms with Gasteiger partial charge in [0.05, 0.1) is 0 Å². The van der Waals surface area contributed by atoms with E-state index in [0.717, 1.165) is 23.6 Å². The molecular formula is C15H21N5O2S. The number of aromatic nitrogens is 3. The van der Waals surface area contributed by atoms with Crippen LogP contribution >= 0.6 is 0 Å². The van der Waals surface area contributed by atoms with Crippen LogP contribution in [0, 0.1) is 12.8 Å². The molecule has 2 aromatic rings. The van der Waals surface area contributed by atoms with E-state index in [9.17, 15) is 8.42 Å². The van der Waals surface area contributed by atoms with Crippen LogP contribution in [0.4, 0.5) is 0 Å². The Morgan fingerprint density at radius 2 is 1.91 bits per heavy atom. The van der Waals surface area contributed by atoms with Crippen molar-refractivity contribution < 1.29 is 8.42 Å². The summed E-state index contributed by atoms with van der Waals surface area (Å²) in [5.41, 5.74) is 2.09. The molecule has 0 atom stereocenters. The molecule has 7 nitrogen and oxygen atoms in total. The van der Waals surface area contributed by atoms with Crippen molar-refractivity contribution >= 4 is 10.2 Å². The molecule has 0 radical (unpaired) electrons. The first-order valence-electron chi connectivity index (χ1n) is 7.49. The van der Waals surface area contributed by atoms with Gasteiger partial charge in [0, 0.05) is 69.5 Å². The van der Waals surface area contributed by atoms with E-state index in [0.29, 0.717) is 19.0 Å². The second-order valence-electron chi connectivity index (χ2n) is 6.04. The predicted molar refractivity (Wildman–Crippen MR) is 87.9 cm³/mol. The molecule has 1 fully saturated rings. The maximum Gasteiger partial charge on any atom is 0.281 e. The summed E-state index contributed by atoms with van der Waals surface area (Å²) in [6, 6.07) is 3.86. The van der Waals surface area contributed by atoms with E-state index in [1.807, 2.05) is 25.3 Å². The SMILES string of the molecule is Cc1cnc(-c2ccncc2)n1CC1CN(S(=O)(=O)N(C)C)C1. The van der Waals surface area contributed by atoms with Crippen LogP contribution in [-0.4, -0.2) is 58.7 Å². The Morgan fingerprint density at radius 1 is 1.26 bits per heavy atom. The van der Waals surface area contributed by atoms with Gasteiger partial charge in [-0.05, 0) is 19.1 Å². The number of imidazole rings is 1. The monoisotopic (exact) mass is 335 g/mol. The third-order valence-corrected chi connectivity index (χ3v) is 6.02. The molecule has 1 saturated heterocycles. The molecule has 124 valence electrons. The van der Waals surface area contributed by atoms with Gasteiger partial charge in [-0.2, -0.15) is 17.0 Å². The second-order valence-corrected chi connectivity index (χ2v) is 8.19. The van der Waals surface area contributed by atoms with Gasteiger partial charge in [-0.1, -0.05) is 0 Å². The molecule has 0 N–H and O–H groups in total. The molecule has 3 heterocycles. The molecule has 0 aromatic carbocycles. The summed E-state index contributed by atoms with van der Waals surface area (Å²) in [5, 5.41) is 0. The lowest BCUT2D eigenvalue weighted by Crippen LogP contribution is -2.54. The summed E-state index contributed by atoms with van der Waals surface area (Å²) in [6.07, 6.45) is 5.35. The highest BCUT2D eigenvalue weighted by Gasteiger charge is 2.37. The molecule has 0 amide bonds. The molecule has 1 aliphatic rings. The van der Waals surface area contributed by atoms with E-state index < -0.39 is 10.2 Å². The zero-order valence-corrected chi connectivity index (χ0v) is 14.4. The van der Waals surface area contributed by atoms with E-state index in [2.05, 4.69) is 14.5 Å². The highest BCUT2D eigenvalue weighted by atomic mass is 32.2. The number of aryl methyl sites for hydroxylation is 1. The van der Waals surface area contributed by atoms with Gasteiger partial charge in [0.15, 0.2) is 0 Å². The number of hydrogen-bond acceptors (Lipinski definition) is 4. The van der Waals surface area contributed by atoms with Crippen molar-refractivity contribution in [1.82, 2.24) is 23.1 Å². The van der Waals surface area contributed by atoms with E-state index in [4.69, 9.17) is 0 Å². The number of nitrogens with zero attached hydrogens (tertiary/aromatic N) is 5. The Labute approximate surface area is 136 Å². The second kappa shape index (κ2) is 6.03. The summed E-state index contributed by atoms with van der Waals surface area (Å²) in [7, 11) is -0.171. The first-order chi connectivity index (χ1) is 10.9. The maximum absolute atomic E-state index is 12.0. The van der Waals surface area contributed by atoms with Gasteiger partial charge >= 0.3 is 0 Å². The van der Waals surface area contributed by atoms with E-state index in [1.54, 1.807) is 26.5 Å². The third kappa shape index (κ3) is 3.01. The van der Waals surface area contributed by atoms with Crippen LogP contribution in [0.25, 0.3) is 11.4 Å². The molecule has 3 rings (SSSR count).